The van der Waals surface area contributed by atoms with E-state index in [0.29, 0.717) is 22.8 Å². The summed E-state index contributed by atoms with van der Waals surface area (Å²) in [5.74, 6) is -0.0754. The summed E-state index contributed by atoms with van der Waals surface area (Å²) in [7, 11) is 0. The monoisotopic (exact) mass is 352 g/mol. The van der Waals surface area contributed by atoms with Gasteiger partial charge in [0.05, 0.1) is 23.5 Å². The lowest BCUT2D eigenvalue weighted by molar-refractivity contribution is -0.137. The topological polar surface area (TPSA) is 79.4 Å². The van der Waals surface area contributed by atoms with Gasteiger partial charge in [-0.25, -0.2) is 9.97 Å². The van der Waals surface area contributed by atoms with Gasteiger partial charge in [0.15, 0.2) is 0 Å². The molecule has 3 rings (SSSR count). The van der Waals surface area contributed by atoms with Crippen LogP contribution in [-0.2, 0) is 12.7 Å². The molecule has 24 heavy (non-hydrogen) atoms. The van der Waals surface area contributed by atoms with Crippen LogP contribution in [0.5, 0.6) is 0 Å². The van der Waals surface area contributed by atoms with E-state index in [0.717, 1.165) is 0 Å². The van der Waals surface area contributed by atoms with Crippen molar-refractivity contribution in [2.75, 3.05) is 5.32 Å². The molecule has 0 radical (unpaired) electrons. The smallest absolute Gasteiger partial charge is 0.323 e. The minimum atomic E-state index is -4.62. The Labute approximate surface area is 138 Å². The van der Waals surface area contributed by atoms with Gasteiger partial charge in [-0.05, 0) is 12.1 Å². The van der Waals surface area contributed by atoms with E-state index in [4.69, 9.17) is 16.9 Å². The first kappa shape index (κ1) is 16.0. The normalized spacial score (nSPS) is 11.5. The molecule has 0 fully saturated rings. The maximum absolute atomic E-state index is 12.7. The predicted octanol–water partition coefficient (Wildman–Crippen LogP) is 3.77. The molecule has 0 atom stereocenters. The molecule has 2 heterocycles. The Morgan fingerprint density at radius 2 is 2.08 bits per heavy atom. The highest BCUT2D eigenvalue weighted by atomic mass is 35.5. The highest BCUT2D eigenvalue weighted by Gasteiger charge is 2.34. The molecule has 122 valence electrons. The van der Waals surface area contributed by atoms with E-state index in [1.54, 1.807) is 24.4 Å². The van der Waals surface area contributed by atoms with Gasteiger partial charge in [-0.2, -0.15) is 23.5 Å². The number of rotatable bonds is 3. The Kier molecular flexibility index (Phi) is 3.99. The van der Waals surface area contributed by atoms with Crippen molar-refractivity contribution in [1.82, 2.24) is 19.7 Å². The van der Waals surface area contributed by atoms with Gasteiger partial charge in [0.2, 0.25) is 5.95 Å². The SMILES string of the molecule is N#CCn1ncc2c(Nc3ncc(C(F)(F)F)c(Cl)n3)cccc21. The number of nitrogens with one attached hydrogen (secondary N) is 1. The van der Waals surface area contributed by atoms with Crippen LogP contribution in [-0.4, -0.2) is 19.7 Å². The fourth-order valence-electron chi connectivity index (χ4n) is 2.14. The van der Waals surface area contributed by atoms with Gasteiger partial charge in [0.25, 0.3) is 0 Å². The van der Waals surface area contributed by atoms with Gasteiger partial charge in [0.1, 0.15) is 17.3 Å². The zero-order valence-corrected chi connectivity index (χ0v) is 12.6. The number of nitriles is 1. The number of benzene rings is 1. The number of halogens is 4. The zero-order chi connectivity index (χ0) is 17.3. The molecule has 0 aliphatic rings. The average Bonchev–Trinajstić information content (AvgIpc) is 2.91. The van der Waals surface area contributed by atoms with E-state index in [1.807, 2.05) is 6.07 Å². The summed E-state index contributed by atoms with van der Waals surface area (Å²) < 4.78 is 39.5. The number of fused-ring (bicyclic) bond motifs is 1. The van der Waals surface area contributed by atoms with E-state index >= 15 is 0 Å². The lowest BCUT2D eigenvalue weighted by Crippen LogP contribution is -2.09. The summed E-state index contributed by atoms with van der Waals surface area (Å²) in [5.41, 5.74) is 0.127. The first-order valence-corrected chi connectivity index (χ1v) is 6.96. The highest BCUT2D eigenvalue weighted by molar-refractivity contribution is 6.30. The molecule has 0 unspecified atom stereocenters. The van der Waals surface area contributed by atoms with Crippen LogP contribution >= 0.6 is 11.6 Å². The standard InChI is InChI=1S/C14H8ClF3N6/c15-12-9(14(16,17)18)7-20-13(23-12)22-10-2-1-3-11-8(10)6-21-24(11)5-4-19/h1-3,6-7H,5H2,(H,20,22,23). The quantitative estimate of drug-likeness (QED) is 0.726. The lowest BCUT2D eigenvalue weighted by Gasteiger charge is -2.10. The van der Waals surface area contributed by atoms with Crippen molar-refractivity contribution in [1.29, 1.82) is 5.26 Å². The molecule has 0 aliphatic heterocycles. The first-order valence-electron chi connectivity index (χ1n) is 6.58. The Morgan fingerprint density at radius 1 is 1.29 bits per heavy atom. The van der Waals surface area contributed by atoms with Crippen molar-refractivity contribution in [2.24, 2.45) is 0 Å². The van der Waals surface area contributed by atoms with Crippen molar-refractivity contribution >= 4 is 34.1 Å². The lowest BCUT2D eigenvalue weighted by atomic mass is 10.2. The maximum Gasteiger partial charge on any atom is 0.420 e. The number of anilines is 2. The molecule has 1 N–H and O–H groups in total. The zero-order valence-electron chi connectivity index (χ0n) is 11.8. The molecule has 1 aromatic carbocycles. The van der Waals surface area contributed by atoms with Crippen molar-refractivity contribution in [3.8, 4) is 6.07 Å². The van der Waals surface area contributed by atoms with E-state index in [9.17, 15) is 13.2 Å². The third kappa shape index (κ3) is 2.96. The second-order valence-corrected chi connectivity index (χ2v) is 5.08. The number of nitrogens with zero attached hydrogens (tertiary/aromatic N) is 5. The molecular weight excluding hydrogens is 345 g/mol. The molecule has 0 aliphatic carbocycles. The summed E-state index contributed by atoms with van der Waals surface area (Å²) in [6.45, 7) is 0.0789. The van der Waals surface area contributed by atoms with Gasteiger partial charge in [-0.1, -0.05) is 17.7 Å². The van der Waals surface area contributed by atoms with Crippen molar-refractivity contribution < 1.29 is 13.2 Å². The molecule has 10 heteroatoms. The summed E-state index contributed by atoms with van der Waals surface area (Å²) >= 11 is 5.58. The Balaban J connectivity index is 1.96. The molecule has 2 aromatic heterocycles. The summed E-state index contributed by atoms with van der Waals surface area (Å²) in [6.07, 6.45) is -2.45. The Bertz CT molecular complexity index is 944. The van der Waals surface area contributed by atoms with Crippen LogP contribution in [0.1, 0.15) is 5.56 Å². The van der Waals surface area contributed by atoms with Crippen LogP contribution in [0, 0.1) is 11.3 Å². The molecule has 6 nitrogen and oxygen atoms in total. The van der Waals surface area contributed by atoms with E-state index in [2.05, 4.69) is 20.4 Å². The third-order valence-electron chi connectivity index (χ3n) is 3.20. The van der Waals surface area contributed by atoms with Gasteiger partial charge in [-0.3, -0.25) is 4.68 Å². The fourth-order valence-corrected chi connectivity index (χ4v) is 2.37. The molecule has 0 saturated carbocycles. The second-order valence-electron chi connectivity index (χ2n) is 4.72. The van der Waals surface area contributed by atoms with Crippen LogP contribution in [0.2, 0.25) is 5.15 Å². The van der Waals surface area contributed by atoms with Crippen LogP contribution < -0.4 is 5.32 Å². The first-order chi connectivity index (χ1) is 11.4. The Hall–Kier alpha value is -2.86. The minimum Gasteiger partial charge on any atom is -0.323 e. The van der Waals surface area contributed by atoms with Gasteiger partial charge >= 0.3 is 6.18 Å². The average molecular weight is 353 g/mol. The van der Waals surface area contributed by atoms with Crippen molar-refractivity contribution in [3.05, 3.63) is 41.3 Å². The summed E-state index contributed by atoms with van der Waals surface area (Å²) in [6, 6.07) is 7.16. The number of alkyl halides is 3. The number of hydrogen-bond donors (Lipinski definition) is 1. The molecule has 0 bridgehead atoms. The Morgan fingerprint density at radius 3 is 2.75 bits per heavy atom. The molecular formula is C14H8ClF3N6. The third-order valence-corrected chi connectivity index (χ3v) is 3.49. The second kappa shape index (κ2) is 5.98. The molecule has 0 amide bonds. The number of hydrogen-bond acceptors (Lipinski definition) is 5. The van der Waals surface area contributed by atoms with Crippen LogP contribution in [0.25, 0.3) is 10.9 Å². The largest absolute Gasteiger partial charge is 0.420 e. The van der Waals surface area contributed by atoms with Crippen molar-refractivity contribution in [2.45, 2.75) is 12.7 Å². The minimum absolute atomic E-state index is 0.0754. The maximum atomic E-state index is 12.7. The highest BCUT2D eigenvalue weighted by Crippen LogP contribution is 2.34. The van der Waals surface area contributed by atoms with Crippen LogP contribution in [0.4, 0.5) is 24.8 Å². The summed E-state index contributed by atoms with van der Waals surface area (Å²) in [5, 5.41) is 15.7. The van der Waals surface area contributed by atoms with E-state index in [1.165, 1.54) is 4.68 Å². The molecule has 0 spiro atoms. The van der Waals surface area contributed by atoms with Crippen LogP contribution in [0.3, 0.4) is 0 Å². The molecule has 0 saturated heterocycles. The van der Waals surface area contributed by atoms with Gasteiger partial charge in [-0.15, -0.1) is 0 Å². The molecule has 3 aromatic rings. The summed E-state index contributed by atoms with van der Waals surface area (Å²) in [4.78, 5) is 7.27. The number of aromatic nitrogens is 4. The fraction of sp³-hybridized carbons (Fsp3) is 0.143. The van der Waals surface area contributed by atoms with E-state index < -0.39 is 16.9 Å². The predicted molar refractivity (Wildman–Crippen MR) is 80.7 cm³/mol. The van der Waals surface area contributed by atoms with Crippen molar-refractivity contribution in [3.63, 3.8) is 0 Å². The van der Waals surface area contributed by atoms with Gasteiger partial charge in [0, 0.05) is 11.6 Å². The van der Waals surface area contributed by atoms with Gasteiger partial charge < -0.3 is 5.32 Å². The van der Waals surface area contributed by atoms with Crippen LogP contribution in [0.15, 0.2) is 30.6 Å². The van der Waals surface area contributed by atoms with E-state index in [-0.39, 0.29) is 12.5 Å².